The Labute approximate surface area is 177 Å². The Bertz CT molecular complexity index is 907. The highest BCUT2D eigenvalue weighted by Crippen LogP contribution is 2.16. The molecular weight excluding hydrogens is 380 g/mol. The van der Waals surface area contributed by atoms with Crippen LogP contribution in [0.1, 0.15) is 53.0 Å². The molecule has 2 N–H and O–H groups in total. The van der Waals surface area contributed by atoms with Crippen LogP contribution in [0, 0.1) is 0 Å². The first kappa shape index (κ1) is 21.4. The molecule has 2 aromatic carbocycles. The number of hydrazine groups is 1. The van der Waals surface area contributed by atoms with Gasteiger partial charge in [-0.3, -0.25) is 25.2 Å². The molecule has 0 radical (unpaired) electrons. The van der Waals surface area contributed by atoms with Gasteiger partial charge in [0, 0.05) is 49.4 Å². The summed E-state index contributed by atoms with van der Waals surface area (Å²) in [6, 6.07) is 14.4. The molecule has 1 aliphatic heterocycles. The smallest absolute Gasteiger partial charge is 0.269 e. The number of hydrogen-bond acceptors (Lipinski definition) is 4. The summed E-state index contributed by atoms with van der Waals surface area (Å²) < 4.78 is 0. The second-order valence-electron chi connectivity index (χ2n) is 7.25. The molecule has 0 aromatic heterocycles. The largest absolute Gasteiger partial charge is 0.372 e. The Morgan fingerprint density at radius 2 is 1.63 bits per heavy atom. The van der Waals surface area contributed by atoms with Crippen molar-refractivity contribution in [3.63, 3.8) is 0 Å². The molecule has 1 aliphatic rings. The van der Waals surface area contributed by atoms with Crippen molar-refractivity contribution in [2.45, 2.75) is 33.2 Å². The van der Waals surface area contributed by atoms with E-state index in [1.54, 1.807) is 35.2 Å². The highest BCUT2D eigenvalue weighted by molar-refractivity contribution is 5.99. The molecule has 7 nitrogen and oxygen atoms in total. The van der Waals surface area contributed by atoms with Gasteiger partial charge in [0.25, 0.3) is 11.8 Å². The van der Waals surface area contributed by atoms with Crippen LogP contribution in [0.2, 0.25) is 0 Å². The lowest BCUT2D eigenvalue weighted by Gasteiger charge is -2.21. The van der Waals surface area contributed by atoms with Crippen LogP contribution in [0.15, 0.2) is 48.5 Å². The third-order valence-corrected chi connectivity index (χ3v) is 5.28. The highest BCUT2D eigenvalue weighted by Gasteiger charge is 2.20. The van der Waals surface area contributed by atoms with Crippen molar-refractivity contribution in [3.05, 3.63) is 65.2 Å². The molecule has 1 saturated heterocycles. The maximum Gasteiger partial charge on any atom is 0.269 e. The summed E-state index contributed by atoms with van der Waals surface area (Å²) in [6.45, 7) is 7.19. The first-order chi connectivity index (χ1) is 14.5. The predicted octanol–water partition coefficient (Wildman–Crippen LogP) is 2.73. The molecule has 0 spiro atoms. The van der Waals surface area contributed by atoms with Gasteiger partial charge in [-0.25, -0.2) is 0 Å². The number of likely N-dealkylation sites (tertiary alicyclic amines) is 1. The summed E-state index contributed by atoms with van der Waals surface area (Å²) in [5.74, 6) is -0.643. The quantitative estimate of drug-likeness (QED) is 0.691. The van der Waals surface area contributed by atoms with Gasteiger partial charge in [0.15, 0.2) is 0 Å². The fraction of sp³-hybridized carbons (Fsp3) is 0.348. The molecule has 0 aliphatic carbocycles. The van der Waals surface area contributed by atoms with Crippen molar-refractivity contribution in [2.75, 3.05) is 24.5 Å². The van der Waals surface area contributed by atoms with Crippen molar-refractivity contribution in [2.24, 2.45) is 0 Å². The van der Waals surface area contributed by atoms with Gasteiger partial charge in [-0.05, 0) is 62.2 Å². The summed E-state index contributed by atoms with van der Waals surface area (Å²) in [7, 11) is 0. The van der Waals surface area contributed by atoms with Crippen LogP contribution in [0.3, 0.4) is 0 Å². The number of amides is 3. The van der Waals surface area contributed by atoms with Gasteiger partial charge in [0.2, 0.25) is 5.91 Å². The van der Waals surface area contributed by atoms with Gasteiger partial charge in [0.1, 0.15) is 0 Å². The zero-order chi connectivity index (χ0) is 21.5. The van der Waals surface area contributed by atoms with E-state index in [-0.39, 0.29) is 11.8 Å². The second-order valence-corrected chi connectivity index (χ2v) is 7.25. The second kappa shape index (κ2) is 9.91. The molecule has 0 bridgehead atoms. The van der Waals surface area contributed by atoms with E-state index in [1.165, 1.54) is 0 Å². The molecule has 7 heteroatoms. The third-order valence-electron chi connectivity index (χ3n) is 5.28. The molecular formula is C23H28N4O3. The molecule has 2 aromatic rings. The summed E-state index contributed by atoms with van der Waals surface area (Å²) in [4.78, 5) is 40.6. The highest BCUT2D eigenvalue weighted by atomic mass is 16.2. The van der Waals surface area contributed by atoms with E-state index in [0.717, 1.165) is 37.3 Å². The van der Waals surface area contributed by atoms with Crippen LogP contribution in [0.5, 0.6) is 0 Å². The first-order valence-corrected chi connectivity index (χ1v) is 10.3. The van der Waals surface area contributed by atoms with Gasteiger partial charge in [-0.15, -0.1) is 0 Å². The average molecular weight is 409 g/mol. The van der Waals surface area contributed by atoms with Crippen molar-refractivity contribution in [1.82, 2.24) is 15.8 Å². The maximum atomic E-state index is 12.4. The lowest BCUT2D eigenvalue weighted by Crippen LogP contribution is -2.41. The van der Waals surface area contributed by atoms with Gasteiger partial charge in [-0.1, -0.05) is 12.1 Å². The summed E-state index contributed by atoms with van der Waals surface area (Å²) in [5, 5.41) is 0. The molecule has 3 rings (SSSR count). The monoisotopic (exact) mass is 408 g/mol. The third kappa shape index (κ3) is 5.17. The molecule has 0 atom stereocenters. The minimum atomic E-state index is -0.405. The predicted molar refractivity (Wildman–Crippen MR) is 116 cm³/mol. The first-order valence-electron chi connectivity index (χ1n) is 10.3. The number of anilines is 1. The number of nitrogens with zero attached hydrogens (tertiary/aromatic N) is 2. The van der Waals surface area contributed by atoms with E-state index in [1.807, 2.05) is 18.2 Å². The fourth-order valence-corrected chi connectivity index (χ4v) is 3.57. The number of hydrogen-bond donors (Lipinski definition) is 2. The lowest BCUT2D eigenvalue weighted by molar-refractivity contribution is -0.128. The minimum absolute atomic E-state index is 0.143. The maximum absolute atomic E-state index is 12.4. The fourth-order valence-electron chi connectivity index (χ4n) is 3.57. The zero-order valence-corrected chi connectivity index (χ0v) is 17.5. The number of benzene rings is 2. The average Bonchev–Trinajstić information content (AvgIpc) is 3.17. The molecule has 158 valence electrons. The SMILES string of the molecule is CCN(CC)c1ccc(C(=O)NNC(=O)c2cccc(CN3CCCC3=O)c2)cc1. The van der Waals surface area contributed by atoms with Crippen LogP contribution >= 0.6 is 0 Å². The summed E-state index contributed by atoms with van der Waals surface area (Å²) in [6.07, 6.45) is 1.46. The molecule has 1 fully saturated rings. The molecule has 30 heavy (non-hydrogen) atoms. The van der Waals surface area contributed by atoms with Gasteiger partial charge >= 0.3 is 0 Å². The number of carbonyl (C=O) groups excluding carboxylic acids is 3. The van der Waals surface area contributed by atoms with Crippen molar-refractivity contribution >= 4 is 23.4 Å². The van der Waals surface area contributed by atoms with Crippen LogP contribution in [0.25, 0.3) is 0 Å². The van der Waals surface area contributed by atoms with Gasteiger partial charge in [-0.2, -0.15) is 0 Å². The van der Waals surface area contributed by atoms with Crippen molar-refractivity contribution in [1.29, 1.82) is 0 Å². The standard InChI is InChI=1S/C23H28N4O3/c1-3-26(4-2)20-12-10-18(11-13-20)22(29)24-25-23(30)19-8-5-7-17(15-19)16-27-14-6-9-21(27)28/h5,7-8,10-13,15H,3-4,6,9,14,16H2,1-2H3,(H,24,29)(H,25,30). The van der Waals surface area contributed by atoms with E-state index in [2.05, 4.69) is 29.6 Å². The van der Waals surface area contributed by atoms with Gasteiger partial charge in [0.05, 0.1) is 0 Å². The lowest BCUT2D eigenvalue weighted by atomic mass is 10.1. The van der Waals surface area contributed by atoms with Gasteiger partial charge < -0.3 is 9.80 Å². The molecule has 3 amide bonds. The van der Waals surface area contributed by atoms with E-state index in [0.29, 0.717) is 24.1 Å². The normalized spacial score (nSPS) is 13.3. The van der Waals surface area contributed by atoms with E-state index >= 15 is 0 Å². The van der Waals surface area contributed by atoms with Crippen LogP contribution in [-0.4, -0.2) is 42.3 Å². The van der Waals surface area contributed by atoms with Crippen LogP contribution < -0.4 is 15.8 Å². The van der Waals surface area contributed by atoms with E-state index in [4.69, 9.17) is 0 Å². The van der Waals surface area contributed by atoms with Crippen molar-refractivity contribution in [3.8, 4) is 0 Å². The van der Waals surface area contributed by atoms with E-state index in [9.17, 15) is 14.4 Å². The Morgan fingerprint density at radius 1 is 0.967 bits per heavy atom. The van der Waals surface area contributed by atoms with Crippen LogP contribution in [-0.2, 0) is 11.3 Å². The number of nitrogens with one attached hydrogen (secondary N) is 2. The minimum Gasteiger partial charge on any atom is -0.372 e. The Kier molecular flexibility index (Phi) is 7.06. The van der Waals surface area contributed by atoms with Crippen molar-refractivity contribution < 1.29 is 14.4 Å². The summed E-state index contributed by atoms with van der Waals surface area (Å²) >= 11 is 0. The molecule has 0 saturated carbocycles. The number of carbonyl (C=O) groups is 3. The van der Waals surface area contributed by atoms with E-state index < -0.39 is 5.91 Å². The molecule has 0 unspecified atom stereocenters. The Hall–Kier alpha value is -3.35. The zero-order valence-electron chi connectivity index (χ0n) is 17.5. The number of rotatable bonds is 7. The Balaban J connectivity index is 1.56. The summed E-state index contributed by atoms with van der Waals surface area (Å²) in [5.41, 5.74) is 7.74. The van der Waals surface area contributed by atoms with Crippen LogP contribution in [0.4, 0.5) is 5.69 Å². The topological polar surface area (TPSA) is 81.8 Å². The molecule has 1 heterocycles. The Morgan fingerprint density at radius 3 is 2.23 bits per heavy atom.